The predicted molar refractivity (Wildman–Crippen MR) is 78.5 cm³/mol. The van der Waals surface area contributed by atoms with Crippen molar-refractivity contribution >= 4 is 26.5 Å². The molecular formula is C12H17N3O3S2. The minimum Gasteiger partial charge on any atom is -0.464 e. The second kappa shape index (κ2) is 5.94. The van der Waals surface area contributed by atoms with Crippen LogP contribution in [-0.2, 0) is 16.6 Å². The van der Waals surface area contributed by atoms with Crippen LogP contribution in [-0.4, -0.2) is 19.9 Å². The van der Waals surface area contributed by atoms with Gasteiger partial charge < -0.3 is 9.73 Å². The molecule has 110 valence electrons. The number of hydrogen-bond acceptors (Lipinski definition) is 6. The van der Waals surface area contributed by atoms with E-state index in [4.69, 9.17) is 4.42 Å². The highest BCUT2D eigenvalue weighted by Crippen LogP contribution is 2.25. The first-order valence-electron chi connectivity index (χ1n) is 6.17. The van der Waals surface area contributed by atoms with Crippen LogP contribution in [0.2, 0.25) is 0 Å². The van der Waals surface area contributed by atoms with Gasteiger partial charge in [0.05, 0.1) is 6.54 Å². The molecule has 0 unspecified atom stereocenters. The molecule has 0 aromatic carbocycles. The standard InChI is InChI=1S/C12H17N3O3S2/c1-4-13-7-10-5-11(9(3)18-10)20(16,17)15-12-14-6-8(2)19-12/h5-6,13H,4,7H2,1-3H3,(H,14,15). The lowest BCUT2D eigenvalue weighted by Crippen LogP contribution is -2.13. The summed E-state index contributed by atoms with van der Waals surface area (Å²) in [5, 5.41) is 3.45. The van der Waals surface area contributed by atoms with Crippen LogP contribution in [0.5, 0.6) is 0 Å². The molecule has 2 aromatic heterocycles. The van der Waals surface area contributed by atoms with Gasteiger partial charge in [0.15, 0.2) is 5.13 Å². The van der Waals surface area contributed by atoms with Crippen molar-refractivity contribution in [3.63, 3.8) is 0 Å². The first kappa shape index (κ1) is 15.0. The predicted octanol–water partition coefficient (Wildman–Crippen LogP) is 2.26. The van der Waals surface area contributed by atoms with Crippen molar-refractivity contribution in [2.75, 3.05) is 11.3 Å². The Bertz CT molecular complexity index is 689. The molecule has 2 rings (SSSR count). The van der Waals surface area contributed by atoms with Crippen LogP contribution >= 0.6 is 11.3 Å². The number of nitrogens with zero attached hydrogens (tertiary/aromatic N) is 1. The topological polar surface area (TPSA) is 84.2 Å². The van der Waals surface area contributed by atoms with Gasteiger partial charge in [0, 0.05) is 17.1 Å². The third kappa shape index (κ3) is 3.38. The molecule has 0 aliphatic heterocycles. The van der Waals surface area contributed by atoms with Crippen LogP contribution in [0.1, 0.15) is 23.3 Å². The van der Waals surface area contributed by atoms with Crippen LogP contribution in [0, 0.1) is 13.8 Å². The van der Waals surface area contributed by atoms with Gasteiger partial charge in [-0.25, -0.2) is 13.4 Å². The molecule has 0 saturated heterocycles. The summed E-state index contributed by atoms with van der Waals surface area (Å²) in [5.74, 6) is 0.971. The van der Waals surface area contributed by atoms with Crippen molar-refractivity contribution in [2.24, 2.45) is 0 Å². The van der Waals surface area contributed by atoms with Crippen molar-refractivity contribution in [1.82, 2.24) is 10.3 Å². The fourth-order valence-electron chi connectivity index (χ4n) is 1.70. The first-order valence-corrected chi connectivity index (χ1v) is 8.47. The number of thiazole rings is 1. The number of sulfonamides is 1. The zero-order valence-corrected chi connectivity index (χ0v) is 13.2. The second-order valence-electron chi connectivity index (χ2n) is 4.30. The van der Waals surface area contributed by atoms with E-state index >= 15 is 0 Å². The van der Waals surface area contributed by atoms with E-state index in [0.29, 0.717) is 23.2 Å². The summed E-state index contributed by atoms with van der Waals surface area (Å²) >= 11 is 1.29. The van der Waals surface area contributed by atoms with E-state index < -0.39 is 10.0 Å². The molecule has 0 aliphatic carbocycles. The molecule has 2 heterocycles. The van der Waals surface area contributed by atoms with Crippen molar-refractivity contribution < 1.29 is 12.8 Å². The summed E-state index contributed by atoms with van der Waals surface area (Å²) in [6, 6.07) is 1.54. The highest BCUT2D eigenvalue weighted by atomic mass is 32.2. The zero-order valence-electron chi connectivity index (χ0n) is 11.6. The molecule has 8 heteroatoms. The molecular weight excluding hydrogens is 298 g/mol. The lowest BCUT2D eigenvalue weighted by molar-refractivity contribution is 0.460. The maximum atomic E-state index is 12.3. The van der Waals surface area contributed by atoms with Gasteiger partial charge in [-0.2, -0.15) is 0 Å². The van der Waals surface area contributed by atoms with E-state index in [2.05, 4.69) is 15.0 Å². The van der Waals surface area contributed by atoms with Crippen LogP contribution in [0.3, 0.4) is 0 Å². The molecule has 2 aromatic rings. The van der Waals surface area contributed by atoms with Gasteiger partial charge in [0.25, 0.3) is 10.0 Å². The fourth-order valence-corrected chi connectivity index (χ4v) is 3.81. The Hall–Kier alpha value is -1.38. The van der Waals surface area contributed by atoms with Gasteiger partial charge >= 0.3 is 0 Å². The highest BCUT2D eigenvalue weighted by molar-refractivity contribution is 7.93. The SMILES string of the molecule is CCNCc1cc(S(=O)(=O)Nc2ncc(C)s2)c(C)o1. The smallest absolute Gasteiger partial charge is 0.267 e. The third-order valence-electron chi connectivity index (χ3n) is 2.60. The van der Waals surface area contributed by atoms with E-state index in [9.17, 15) is 8.42 Å². The molecule has 6 nitrogen and oxygen atoms in total. The number of aryl methyl sites for hydroxylation is 2. The van der Waals surface area contributed by atoms with Gasteiger partial charge in [-0.05, 0) is 20.4 Å². The minimum absolute atomic E-state index is 0.151. The van der Waals surface area contributed by atoms with Gasteiger partial charge in [-0.3, -0.25) is 4.72 Å². The van der Waals surface area contributed by atoms with Crippen molar-refractivity contribution in [2.45, 2.75) is 32.2 Å². The summed E-state index contributed by atoms with van der Waals surface area (Å²) in [4.78, 5) is 5.09. The van der Waals surface area contributed by atoms with Gasteiger partial charge in [-0.15, -0.1) is 11.3 Å². The van der Waals surface area contributed by atoms with E-state index in [-0.39, 0.29) is 4.90 Å². The molecule has 0 aliphatic rings. The summed E-state index contributed by atoms with van der Waals surface area (Å²) in [5.41, 5.74) is 0. The number of nitrogens with one attached hydrogen (secondary N) is 2. The Morgan fingerprint density at radius 3 is 2.75 bits per heavy atom. The maximum Gasteiger partial charge on any atom is 0.267 e. The zero-order chi connectivity index (χ0) is 14.8. The van der Waals surface area contributed by atoms with Crippen molar-refractivity contribution in [1.29, 1.82) is 0 Å². The number of anilines is 1. The van der Waals surface area contributed by atoms with E-state index in [1.165, 1.54) is 11.3 Å². The Labute approximate surface area is 122 Å². The average Bonchev–Trinajstić information content (AvgIpc) is 2.93. The number of aromatic nitrogens is 1. The molecule has 2 N–H and O–H groups in total. The molecule has 0 fully saturated rings. The largest absolute Gasteiger partial charge is 0.464 e. The third-order valence-corrected chi connectivity index (χ3v) is 5.01. The quantitative estimate of drug-likeness (QED) is 0.854. The number of furan rings is 1. The lowest BCUT2D eigenvalue weighted by atomic mass is 10.4. The molecule has 0 atom stereocenters. The van der Waals surface area contributed by atoms with Crippen molar-refractivity contribution in [3.05, 3.63) is 28.7 Å². The van der Waals surface area contributed by atoms with Crippen LogP contribution in [0.15, 0.2) is 21.6 Å². The normalized spacial score (nSPS) is 11.8. The van der Waals surface area contributed by atoms with Crippen molar-refractivity contribution in [3.8, 4) is 0 Å². The van der Waals surface area contributed by atoms with Crippen LogP contribution < -0.4 is 10.0 Å². The Balaban J connectivity index is 2.22. The van der Waals surface area contributed by atoms with E-state index in [1.807, 2.05) is 13.8 Å². The van der Waals surface area contributed by atoms with Crippen LogP contribution in [0.4, 0.5) is 5.13 Å². The number of hydrogen-bond donors (Lipinski definition) is 2. The molecule has 0 amide bonds. The summed E-state index contributed by atoms with van der Waals surface area (Å²) in [6.07, 6.45) is 1.63. The van der Waals surface area contributed by atoms with Gasteiger partial charge in [-0.1, -0.05) is 6.92 Å². The Kier molecular flexibility index (Phi) is 4.46. The molecule has 0 bridgehead atoms. The van der Waals surface area contributed by atoms with Crippen LogP contribution in [0.25, 0.3) is 0 Å². The van der Waals surface area contributed by atoms with Gasteiger partial charge in [0.1, 0.15) is 16.4 Å². The monoisotopic (exact) mass is 315 g/mol. The minimum atomic E-state index is -3.66. The van der Waals surface area contributed by atoms with E-state index in [1.54, 1.807) is 19.2 Å². The molecule has 0 spiro atoms. The maximum absolute atomic E-state index is 12.3. The fraction of sp³-hybridized carbons (Fsp3) is 0.417. The Morgan fingerprint density at radius 1 is 1.40 bits per heavy atom. The Morgan fingerprint density at radius 2 is 2.15 bits per heavy atom. The summed E-state index contributed by atoms with van der Waals surface area (Å²) in [7, 11) is -3.66. The van der Waals surface area contributed by atoms with E-state index in [0.717, 1.165) is 11.4 Å². The molecule has 0 saturated carbocycles. The molecule has 20 heavy (non-hydrogen) atoms. The first-order chi connectivity index (χ1) is 9.42. The highest BCUT2D eigenvalue weighted by Gasteiger charge is 2.22. The lowest BCUT2D eigenvalue weighted by Gasteiger charge is -2.02. The van der Waals surface area contributed by atoms with Gasteiger partial charge in [0.2, 0.25) is 0 Å². The second-order valence-corrected chi connectivity index (χ2v) is 7.18. The average molecular weight is 315 g/mol. The summed E-state index contributed by atoms with van der Waals surface area (Å²) < 4.78 is 32.5. The summed E-state index contributed by atoms with van der Waals surface area (Å²) in [6.45, 7) is 6.77. The number of rotatable bonds is 6. The molecule has 0 radical (unpaired) electrons.